The van der Waals surface area contributed by atoms with Gasteiger partial charge in [-0.3, -0.25) is 0 Å². The summed E-state index contributed by atoms with van der Waals surface area (Å²) < 4.78 is 0. The Morgan fingerprint density at radius 1 is 1.83 bits per heavy atom. The molecular formula is C4H8NO. The Morgan fingerprint density at radius 3 is 2.33 bits per heavy atom. The van der Waals surface area contributed by atoms with Crippen LogP contribution in [-0.2, 0) is 4.79 Å². The zero-order valence-electron chi connectivity index (χ0n) is 3.72. The number of rotatable bonds is 2. The molecule has 0 rings (SSSR count). The van der Waals surface area contributed by atoms with E-state index in [0.29, 0.717) is 0 Å². The van der Waals surface area contributed by atoms with Gasteiger partial charge in [0.05, 0.1) is 0 Å². The summed E-state index contributed by atoms with van der Waals surface area (Å²) in [5.41, 5.74) is 4.93. The third-order valence-corrected chi connectivity index (χ3v) is 0.518. The first kappa shape index (κ1) is 5.63. The molecule has 1 radical (unpaired) electrons. The molecule has 2 nitrogen and oxygen atoms in total. The molecule has 6 heavy (non-hydrogen) atoms. The van der Waals surface area contributed by atoms with Crippen molar-refractivity contribution in [2.24, 2.45) is 11.7 Å². The molecule has 0 aliphatic heterocycles. The molecule has 1 unspecified atom stereocenters. The molecule has 0 fully saturated rings. The summed E-state index contributed by atoms with van der Waals surface area (Å²) in [6.45, 7) is 3.08. The zero-order chi connectivity index (χ0) is 4.99. The summed E-state index contributed by atoms with van der Waals surface area (Å²) in [6, 6.07) is 0. The predicted octanol–water partition coefficient (Wildman–Crippen LogP) is -0.0581. The predicted molar refractivity (Wildman–Crippen MR) is 23.7 cm³/mol. The molecule has 0 aromatic heterocycles. The SMILES string of the molecule is CC([CH]N)C=O. The molecule has 0 aliphatic carbocycles. The van der Waals surface area contributed by atoms with Gasteiger partial charge in [-0.15, -0.1) is 0 Å². The molecule has 2 N–H and O–H groups in total. The van der Waals surface area contributed by atoms with Crippen LogP contribution in [-0.4, -0.2) is 6.29 Å². The molecule has 0 saturated carbocycles. The number of hydrogen-bond acceptors (Lipinski definition) is 2. The van der Waals surface area contributed by atoms with Crippen LogP contribution in [0.4, 0.5) is 0 Å². The van der Waals surface area contributed by atoms with E-state index in [4.69, 9.17) is 5.73 Å². The quantitative estimate of drug-likeness (QED) is 0.478. The highest BCUT2D eigenvalue weighted by Gasteiger charge is 1.90. The Morgan fingerprint density at radius 2 is 2.33 bits per heavy atom. The lowest BCUT2D eigenvalue weighted by Crippen LogP contribution is -2.03. The van der Waals surface area contributed by atoms with Gasteiger partial charge in [-0.25, -0.2) is 0 Å². The van der Waals surface area contributed by atoms with Crippen molar-refractivity contribution in [2.45, 2.75) is 6.92 Å². The minimum absolute atomic E-state index is 0.0926. The summed E-state index contributed by atoms with van der Waals surface area (Å²) in [5, 5.41) is 0. The largest absolute Gasteiger partial charge is 0.326 e. The maximum absolute atomic E-state index is 9.62. The third-order valence-electron chi connectivity index (χ3n) is 0.518. The van der Waals surface area contributed by atoms with Crippen molar-refractivity contribution in [1.82, 2.24) is 0 Å². The van der Waals surface area contributed by atoms with E-state index in [9.17, 15) is 4.79 Å². The van der Waals surface area contributed by atoms with Gasteiger partial charge in [-0.1, -0.05) is 6.92 Å². The highest BCUT2D eigenvalue weighted by molar-refractivity contribution is 5.54. The summed E-state index contributed by atoms with van der Waals surface area (Å²) in [7, 11) is 0. The van der Waals surface area contributed by atoms with Crippen LogP contribution in [0, 0.1) is 12.5 Å². The van der Waals surface area contributed by atoms with Crippen molar-refractivity contribution in [3.05, 3.63) is 6.54 Å². The van der Waals surface area contributed by atoms with Crippen LogP contribution in [0.2, 0.25) is 0 Å². The maximum atomic E-state index is 9.62. The van der Waals surface area contributed by atoms with Crippen LogP contribution in [0.3, 0.4) is 0 Å². The monoisotopic (exact) mass is 86.1 g/mol. The zero-order valence-corrected chi connectivity index (χ0v) is 3.72. The average Bonchev–Trinajstić information content (AvgIpc) is 1.65. The van der Waals surface area contributed by atoms with Crippen LogP contribution in [0.5, 0.6) is 0 Å². The molecule has 0 amide bonds. The van der Waals surface area contributed by atoms with Crippen molar-refractivity contribution in [3.8, 4) is 0 Å². The minimum atomic E-state index is -0.0926. The Balaban J connectivity index is 2.96. The first-order valence-electron chi connectivity index (χ1n) is 1.81. The van der Waals surface area contributed by atoms with Crippen molar-refractivity contribution < 1.29 is 4.79 Å². The van der Waals surface area contributed by atoms with Crippen LogP contribution in [0.25, 0.3) is 0 Å². The van der Waals surface area contributed by atoms with E-state index < -0.39 is 0 Å². The minimum Gasteiger partial charge on any atom is -0.326 e. The van der Waals surface area contributed by atoms with Gasteiger partial charge in [0.25, 0.3) is 0 Å². The number of nitrogens with two attached hydrogens (primary N) is 1. The molecule has 1 atom stereocenters. The maximum Gasteiger partial charge on any atom is 0.124 e. The van der Waals surface area contributed by atoms with Gasteiger partial charge < -0.3 is 10.5 Å². The fourth-order valence-corrected chi connectivity index (χ4v) is 0.0454. The van der Waals surface area contributed by atoms with E-state index in [0.717, 1.165) is 6.29 Å². The van der Waals surface area contributed by atoms with Gasteiger partial charge >= 0.3 is 0 Å². The Hall–Kier alpha value is -0.370. The van der Waals surface area contributed by atoms with E-state index in [1.165, 1.54) is 6.54 Å². The second-order valence-electron chi connectivity index (χ2n) is 1.19. The summed E-state index contributed by atoms with van der Waals surface area (Å²) in [5.74, 6) is -0.0926. The van der Waals surface area contributed by atoms with Crippen molar-refractivity contribution in [1.29, 1.82) is 0 Å². The molecule has 0 heterocycles. The topological polar surface area (TPSA) is 43.1 Å². The number of hydrogen-bond donors (Lipinski definition) is 1. The van der Waals surface area contributed by atoms with Gasteiger partial charge in [0, 0.05) is 12.5 Å². The van der Waals surface area contributed by atoms with Gasteiger partial charge in [-0.05, 0) is 0 Å². The lowest BCUT2D eigenvalue weighted by atomic mass is 10.2. The standard InChI is InChI=1S/C4H8NO/c1-4(2-5)3-6/h2-4H,5H2,1H3. The smallest absolute Gasteiger partial charge is 0.124 e. The van der Waals surface area contributed by atoms with E-state index >= 15 is 0 Å². The molecule has 0 aromatic rings. The Bertz CT molecular complexity index is 44.8. The molecule has 2 heteroatoms. The number of carbonyl (C=O) groups is 1. The second-order valence-corrected chi connectivity index (χ2v) is 1.19. The fraction of sp³-hybridized carbons (Fsp3) is 0.500. The lowest BCUT2D eigenvalue weighted by Gasteiger charge is -1.89. The van der Waals surface area contributed by atoms with Gasteiger partial charge in [-0.2, -0.15) is 0 Å². The Kier molecular flexibility index (Phi) is 2.67. The highest BCUT2D eigenvalue weighted by Crippen LogP contribution is 1.84. The average molecular weight is 86.1 g/mol. The van der Waals surface area contributed by atoms with E-state index in [1.54, 1.807) is 6.92 Å². The fourth-order valence-electron chi connectivity index (χ4n) is 0.0454. The third kappa shape index (κ3) is 1.91. The van der Waals surface area contributed by atoms with Gasteiger partial charge in [0.1, 0.15) is 6.29 Å². The van der Waals surface area contributed by atoms with Gasteiger partial charge in [0.2, 0.25) is 0 Å². The second kappa shape index (κ2) is 2.85. The number of aldehydes is 1. The summed E-state index contributed by atoms with van der Waals surface area (Å²) in [4.78, 5) is 9.62. The molecule has 35 valence electrons. The van der Waals surface area contributed by atoms with Gasteiger partial charge in [0.15, 0.2) is 0 Å². The van der Waals surface area contributed by atoms with Crippen LogP contribution >= 0.6 is 0 Å². The van der Waals surface area contributed by atoms with Crippen LogP contribution < -0.4 is 5.73 Å². The van der Waals surface area contributed by atoms with Crippen molar-refractivity contribution in [2.75, 3.05) is 0 Å². The molecule has 0 bridgehead atoms. The van der Waals surface area contributed by atoms with E-state index in [-0.39, 0.29) is 5.92 Å². The normalized spacial score (nSPS) is 13.7. The summed E-state index contributed by atoms with van der Waals surface area (Å²) >= 11 is 0. The van der Waals surface area contributed by atoms with Crippen LogP contribution in [0.1, 0.15) is 6.92 Å². The number of carbonyl (C=O) groups excluding carboxylic acids is 1. The molecule has 0 aliphatic rings. The van der Waals surface area contributed by atoms with E-state index in [1.807, 2.05) is 0 Å². The first-order valence-corrected chi connectivity index (χ1v) is 1.81. The van der Waals surface area contributed by atoms with E-state index in [2.05, 4.69) is 0 Å². The highest BCUT2D eigenvalue weighted by atomic mass is 16.1. The Labute approximate surface area is 37.3 Å². The molecular weight excluding hydrogens is 78.0 g/mol. The summed E-state index contributed by atoms with van der Waals surface area (Å²) in [6.07, 6.45) is 0.792. The first-order chi connectivity index (χ1) is 2.81. The van der Waals surface area contributed by atoms with Crippen molar-refractivity contribution >= 4 is 6.29 Å². The lowest BCUT2D eigenvalue weighted by molar-refractivity contribution is -0.109. The van der Waals surface area contributed by atoms with Crippen molar-refractivity contribution in [3.63, 3.8) is 0 Å². The molecule has 0 spiro atoms. The van der Waals surface area contributed by atoms with Crippen LogP contribution in [0.15, 0.2) is 0 Å². The molecule has 0 saturated heterocycles. The molecule has 0 aromatic carbocycles.